The molecule has 1 unspecified atom stereocenters. The predicted molar refractivity (Wildman–Crippen MR) is 75.8 cm³/mol. The summed E-state index contributed by atoms with van der Waals surface area (Å²) in [6, 6.07) is 3.96. The van der Waals surface area contributed by atoms with Gasteiger partial charge in [0.25, 0.3) is 0 Å². The molecule has 1 heterocycles. The molecule has 0 saturated heterocycles. The first kappa shape index (κ1) is 13.2. The summed E-state index contributed by atoms with van der Waals surface area (Å²) in [7, 11) is 0. The Morgan fingerprint density at radius 3 is 2.56 bits per heavy atom. The lowest BCUT2D eigenvalue weighted by molar-refractivity contribution is 0.266. The number of nitrogens with zero attached hydrogens (tertiary/aromatic N) is 1. The van der Waals surface area contributed by atoms with Crippen molar-refractivity contribution in [1.29, 1.82) is 0 Å². The highest BCUT2D eigenvalue weighted by Gasteiger charge is 2.12. The highest BCUT2D eigenvalue weighted by Crippen LogP contribution is 2.30. The molecule has 3 N–H and O–H groups in total. The maximum atomic E-state index is 9.04. The third-order valence-corrected chi connectivity index (χ3v) is 4.06. The molecule has 1 aromatic carbocycles. The van der Waals surface area contributed by atoms with Gasteiger partial charge in [-0.2, -0.15) is 0 Å². The molecule has 0 aliphatic heterocycles. The minimum absolute atomic E-state index is 0.0743. The van der Waals surface area contributed by atoms with Crippen molar-refractivity contribution in [3.05, 3.63) is 39.9 Å². The highest BCUT2D eigenvalue weighted by molar-refractivity contribution is 7.13. The van der Waals surface area contributed by atoms with Crippen LogP contribution in [0.2, 0.25) is 0 Å². The van der Waals surface area contributed by atoms with Gasteiger partial charge in [0.15, 0.2) is 0 Å². The fourth-order valence-electron chi connectivity index (χ4n) is 1.86. The molecule has 4 heteroatoms. The number of nitrogens with two attached hydrogens (primary N) is 1. The maximum Gasteiger partial charge on any atom is 0.123 e. The van der Waals surface area contributed by atoms with Crippen LogP contribution in [0.15, 0.2) is 17.5 Å². The van der Waals surface area contributed by atoms with Crippen LogP contribution in [0.4, 0.5) is 0 Å². The van der Waals surface area contributed by atoms with E-state index in [1.807, 2.05) is 5.38 Å². The van der Waals surface area contributed by atoms with E-state index in [4.69, 9.17) is 10.8 Å². The van der Waals surface area contributed by atoms with E-state index in [-0.39, 0.29) is 12.6 Å². The van der Waals surface area contributed by atoms with Crippen LogP contribution in [0.5, 0.6) is 0 Å². The average molecular weight is 262 g/mol. The van der Waals surface area contributed by atoms with Crippen molar-refractivity contribution in [2.24, 2.45) is 5.73 Å². The van der Waals surface area contributed by atoms with Gasteiger partial charge in [0.05, 0.1) is 18.3 Å². The molecule has 0 bridgehead atoms. The topological polar surface area (TPSA) is 59.1 Å². The van der Waals surface area contributed by atoms with E-state index in [0.29, 0.717) is 0 Å². The zero-order chi connectivity index (χ0) is 13.3. The van der Waals surface area contributed by atoms with Crippen LogP contribution in [0.3, 0.4) is 0 Å². The van der Waals surface area contributed by atoms with E-state index in [0.717, 1.165) is 16.3 Å². The monoisotopic (exact) mass is 262 g/mol. The SMILES string of the molecule is Cc1cc(C)c(-c2nc(C(N)CO)cs2)cc1C. The largest absolute Gasteiger partial charge is 0.394 e. The molecule has 1 aromatic heterocycles. The maximum absolute atomic E-state index is 9.04. The lowest BCUT2D eigenvalue weighted by Gasteiger charge is -2.07. The molecule has 0 amide bonds. The van der Waals surface area contributed by atoms with Crippen molar-refractivity contribution in [3.8, 4) is 10.6 Å². The Labute approximate surface area is 111 Å². The Morgan fingerprint density at radius 2 is 1.89 bits per heavy atom. The molecule has 1 atom stereocenters. The number of aryl methyl sites for hydroxylation is 3. The van der Waals surface area contributed by atoms with Crippen molar-refractivity contribution in [2.75, 3.05) is 6.61 Å². The van der Waals surface area contributed by atoms with Gasteiger partial charge in [-0.3, -0.25) is 0 Å². The van der Waals surface area contributed by atoms with Gasteiger partial charge in [0, 0.05) is 10.9 Å². The van der Waals surface area contributed by atoms with Gasteiger partial charge in [-0.05, 0) is 43.5 Å². The lowest BCUT2D eigenvalue weighted by atomic mass is 10.0. The van der Waals surface area contributed by atoms with E-state index in [1.165, 1.54) is 16.7 Å². The summed E-state index contributed by atoms with van der Waals surface area (Å²) in [5.41, 5.74) is 11.5. The summed E-state index contributed by atoms with van der Waals surface area (Å²) in [6.45, 7) is 6.23. The smallest absolute Gasteiger partial charge is 0.123 e. The third-order valence-electron chi connectivity index (χ3n) is 3.17. The van der Waals surface area contributed by atoms with Crippen molar-refractivity contribution in [2.45, 2.75) is 26.8 Å². The van der Waals surface area contributed by atoms with Gasteiger partial charge < -0.3 is 10.8 Å². The number of rotatable bonds is 3. The summed E-state index contributed by atoms with van der Waals surface area (Å²) in [6.07, 6.45) is 0. The van der Waals surface area contributed by atoms with E-state index in [9.17, 15) is 0 Å². The van der Waals surface area contributed by atoms with Gasteiger partial charge >= 0.3 is 0 Å². The van der Waals surface area contributed by atoms with Crippen molar-refractivity contribution < 1.29 is 5.11 Å². The molecule has 2 rings (SSSR count). The summed E-state index contributed by atoms with van der Waals surface area (Å²) < 4.78 is 0. The summed E-state index contributed by atoms with van der Waals surface area (Å²) in [4.78, 5) is 4.52. The van der Waals surface area contributed by atoms with Gasteiger partial charge in [0.1, 0.15) is 5.01 Å². The third kappa shape index (κ3) is 2.46. The molecule has 2 aromatic rings. The predicted octanol–water partition coefficient (Wildman–Crippen LogP) is 2.73. The molecule has 0 spiro atoms. The minimum Gasteiger partial charge on any atom is -0.394 e. The molecule has 0 saturated carbocycles. The van der Waals surface area contributed by atoms with E-state index < -0.39 is 0 Å². The zero-order valence-electron chi connectivity index (χ0n) is 10.9. The number of aliphatic hydroxyl groups is 1. The molecule has 0 fully saturated rings. The highest BCUT2D eigenvalue weighted by atomic mass is 32.1. The van der Waals surface area contributed by atoms with Crippen molar-refractivity contribution in [1.82, 2.24) is 4.98 Å². The first-order valence-corrected chi connectivity index (χ1v) is 6.81. The molecule has 18 heavy (non-hydrogen) atoms. The van der Waals surface area contributed by atoms with Crippen LogP contribution in [0.1, 0.15) is 28.4 Å². The molecule has 3 nitrogen and oxygen atoms in total. The average Bonchev–Trinajstić information content (AvgIpc) is 2.82. The molecular weight excluding hydrogens is 244 g/mol. The van der Waals surface area contributed by atoms with E-state index >= 15 is 0 Å². The standard InChI is InChI=1S/C14H18N2OS/c1-8-4-10(3)11(5-9(8)2)14-16-13(7-18-14)12(15)6-17/h4-5,7,12,17H,6,15H2,1-3H3. The Balaban J connectivity index is 2.43. The normalized spacial score (nSPS) is 12.7. The van der Waals surface area contributed by atoms with Crippen LogP contribution in [0.25, 0.3) is 10.6 Å². The van der Waals surface area contributed by atoms with E-state index in [1.54, 1.807) is 11.3 Å². The number of hydrogen-bond donors (Lipinski definition) is 2. The Bertz CT molecular complexity index is 563. The van der Waals surface area contributed by atoms with Crippen LogP contribution in [-0.2, 0) is 0 Å². The second-order valence-electron chi connectivity index (χ2n) is 4.62. The summed E-state index contributed by atoms with van der Waals surface area (Å²) in [5, 5.41) is 11.9. The van der Waals surface area contributed by atoms with Gasteiger partial charge in [-0.1, -0.05) is 6.07 Å². The second kappa shape index (κ2) is 5.18. The Hall–Kier alpha value is -1.23. The second-order valence-corrected chi connectivity index (χ2v) is 5.48. The first-order valence-electron chi connectivity index (χ1n) is 5.93. The van der Waals surface area contributed by atoms with Gasteiger partial charge in [-0.25, -0.2) is 4.98 Å². The fourth-order valence-corrected chi connectivity index (χ4v) is 2.83. The lowest BCUT2D eigenvalue weighted by Crippen LogP contribution is -2.14. The van der Waals surface area contributed by atoms with E-state index in [2.05, 4.69) is 37.9 Å². The number of thiazole rings is 1. The van der Waals surface area contributed by atoms with Crippen molar-refractivity contribution >= 4 is 11.3 Å². The molecular formula is C14H18N2OS. The van der Waals surface area contributed by atoms with Gasteiger partial charge in [-0.15, -0.1) is 11.3 Å². The van der Waals surface area contributed by atoms with Crippen LogP contribution >= 0.6 is 11.3 Å². The van der Waals surface area contributed by atoms with Crippen molar-refractivity contribution in [3.63, 3.8) is 0 Å². The Morgan fingerprint density at radius 1 is 1.22 bits per heavy atom. The Kier molecular flexibility index (Phi) is 3.80. The quantitative estimate of drug-likeness (QED) is 0.894. The number of aliphatic hydroxyl groups excluding tert-OH is 1. The summed E-state index contributed by atoms with van der Waals surface area (Å²) >= 11 is 1.57. The van der Waals surface area contributed by atoms with Gasteiger partial charge in [0.2, 0.25) is 0 Å². The van der Waals surface area contributed by atoms with Crippen LogP contribution in [0, 0.1) is 20.8 Å². The fraction of sp³-hybridized carbons (Fsp3) is 0.357. The molecule has 0 aliphatic rings. The first-order chi connectivity index (χ1) is 8.52. The molecule has 96 valence electrons. The number of benzene rings is 1. The van der Waals surface area contributed by atoms with Crippen LogP contribution < -0.4 is 5.73 Å². The zero-order valence-corrected chi connectivity index (χ0v) is 11.7. The number of hydrogen-bond acceptors (Lipinski definition) is 4. The number of aromatic nitrogens is 1. The molecule has 0 radical (unpaired) electrons. The molecule has 0 aliphatic carbocycles. The van der Waals surface area contributed by atoms with Crippen LogP contribution in [-0.4, -0.2) is 16.7 Å². The summed E-state index contributed by atoms with van der Waals surface area (Å²) in [5.74, 6) is 0. The minimum atomic E-state index is -0.387.